The van der Waals surface area contributed by atoms with E-state index in [0.29, 0.717) is 35.4 Å². The Morgan fingerprint density at radius 1 is 1.00 bits per heavy atom. The van der Waals surface area contributed by atoms with Gasteiger partial charge >= 0.3 is 6.09 Å². The van der Waals surface area contributed by atoms with Crippen LogP contribution >= 0.6 is 0 Å². The predicted octanol–water partition coefficient (Wildman–Crippen LogP) is 3.33. The van der Waals surface area contributed by atoms with Crippen LogP contribution in [0.5, 0.6) is 17.2 Å². The van der Waals surface area contributed by atoms with Crippen LogP contribution in [0.25, 0.3) is 10.8 Å². The second-order valence-corrected chi connectivity index (χ2v) is 6.07. The highest BCUT2D eigenvalue weighted by atomic mass is 16.6. The van der Waals surface area contributed by atoms with Crippen molar-refractivity contribution in [2.24, 2.45) is 0 Å². The molecule has 1 heterocycles. The Hall–Kier alpha value is -3.48. The summed E-state index contributed by atoms with van der Waals surface area (Å²) in [5.41, 5.74) is 0.754. The molecule has 1 aromatic heterocycles. The molecular formula is C21H22N2O5. The number of amides is 1. The standard InChI is InChI=1S/C21H22N2O5/c1-4-23-13-19(28-21(25)22-12-14-8-6-5-7-9-14)15-10-17(26-2)18(27-3)11-16(15)20(23)24/h5-11,13H,4,12H2,1-3H3,(H,22,25). The van der Waals surface area contributed by atoms with Crippen LogP contribution in [0.15, 0.2) is 53.5 Å². The van der Waals surface area contributed by atoms with Gasteiger partial charge in [0.15, 0.2) is 17.2 Å². The first-order chi connectivity index (χ1) is 13.6. The van der Waals surface area contributed by atoms with E-state index in [-0.39, 0.29) is 11.3 Å². The van der Waals surface area contributed by atoms with Crippen LogP contribution in [-0.2, 0) is 13.1 Å². The molecule has 0 aliphatic rings. The van der Waals surface area contributed by atoms with Crippen molar-refractivity contribution in [2.75, 3.05) is 14.2 Å². The number of rotatable bonds is 6. The monoisotopic (exact) mass is 382 g/mol. The van der Waals surface area contributed by atoms with Gasteiger partial charge in [-0.25, -0.2) is 4.79 Å². The van der Waals surface area contributed by atoms with Gasteiger partial charge in [0, 0.05) is 18.5 Å². The van der Waals surface area contributed by atoms with Crippen molar-refractivity contribution in [1.29, 1.82) is 0 Å². The van der Waals surface area contributed by atoms with Crippen molar-refractivity contribution in [3.63, 3.8) is 0 Å². The third-order valence-electron chi connectivity index (χ3n) is 4.38. The van der Waals surface area contributed by atoms with Crippen LogP contribution in [0.2, 0.25) is 0 Å². The number of methoxy groups -OCH3 is 2. The lowest BCUT2D eigenvalue weighted by Crippen LogP contribution is -2.27. The highest BCUT2D eigenvalue weighted by molar-refractivity contribution is 5.92. The fraction of sp³-hybridized carbons (Fsp3) is 0.238. The SMILES string of the molecule is CCn1cc(OC(=O)NCc2ccccc2)c2cc(OC)c(OC)cc2c1=O. The molecule has 0 aliphatic heterocycles. The molecule has 0 radical (unpaired) electrons. The van der Waals surface area contributed by atoms with E-state index in [1.807, 2.05) is 37.3 Å². The smallest absolute Gasteiger partial charge is 0.412 e. The van der Waals surface area contributed by atoms with E-state index < -0.39 is 6.09 Å². The first-order valence-corrected chi connectivity index (χ1v) is 8.86. The Morgan fingerprint density at radius 3 is 2.25 bits per heavy atom. The summed E-state index contributed by atoms with van der Waals surface area (Å²) in [5, 5.41) is 3.57. The topological polar surface area (TPSA) is 78.8 Å². The molecule has 146 valence electrons. The van der Waals surface area contributed by atoms with Crippen molar-refractivity contribution >= 4 is 16.9 Å². The molecule has 7 heteroatoms. The molecule has 1 amide bonds. The summed E-state index contributed by atoms with van der Waals surface area (Å²) in [4.78, 5) is 25.0. The Labute approximate surface area is 162 Å². The van der Waals surface area contributed by atoms with Gasteiger partial charge in [0.1, 0.15) is 0 Å². The van der Waals surface area contributed by atoms with Crippen LogP contribution < -0.4 is 25.1 Å². The quantitative estimate of drug-likeness (QED) is 0.707. The lowest BCUT2D eigenvalue weighted by atomic mass is 10.1. The van der Waals surface area contributed by atoms with Crippen LogP contribution in [0, 0.1) is 0 Å². The maximum absolute atomic E-state index is 12.7. The molecule has 0 fully saturated rings. The lowest BCUT2D eigenvalue weighted by Gasteiger charge is -2.14. The number of hydrogen-bond donors (Lipinski definition) is 1. The minimum absolute atomic E-state index is 0.199. The molecule has 1 N–H and O–H groups in total. The predicted molar refractivity (Wildman–Crippen MR) is 106 cm³/mol. The first kappa shape index (κ1) is 19.3. The fourth-order valence-corrected chi connectivity index (χ4v) is 2.91. The average molecular weight is 382 g/mol. The highest BCUT2D eigenvalue weighted by Crippen LogP contribution is 2.34. The van der Waals surface area contributed by atoms with Crippen molar-refractivity contribution in [3.05, 3.63) is 64.6 Å². The molecule has 0 bridgehead atoms. The van der Waals surface area contributed by atoms with E-state index in [4.69, 9.17) is 14.2 Å². The molecule has 0 saturated heterocycles. The number of aromatic nitrogens is 1. The number of benzene rings is 2. The van der Waals surface area contributed by atoms with Gasteiger partial charge < -0.3 is 24.1 Å². The van der Waals surface area contributed by atoms with Gasteiger partial charge in [0.2, 0.25) is 0 Å². The van der Waals surface area contributed by atoms with Crippen molar-refractivity contribution in [3.8, 4) is 17.2 Å². The number of pyridine rings is 1. The van der Waals surface area contributed by atoms with E-state index in [9.17, 15) is 9.59 Å². The zero-order chi connectivity index (χ0) is 20.1. The largest absolute Gasteiger partial charge is 0.493 e. The summed E-state index contributed by atoms with van der Waals surface area (Å²) in [6.45, 7) is 2.61. The molecule has 2 aromatic carbocycles. The Bertz CT molecular complexity index is 1040. The maximum Gasteiger partial charge on any atom is 0.412 e. The summed E-state index contributed by atoms with van der Waals surface area (Å²) in [5.74, 6) is 1.14. The number of ether oxygens (including phenoxy) is 3. The Morgan fingerprint density at radius 2 is 1.64 bits per heavy atom. The average Bonchev–Trinajstić information content (AvgIpc) is 2.74. The number of aryl methyl sites for hydroxylation is 1. The zero-order valence-corrected chi connectivity index (χ0v) is 16.0. The first-order valence-electron chi connectivity index (χ1n) is 8.86. The van der Waals surface area contributed by atoms with Crippen molar-refractivity contribution in [1.82, 2.24) is 9.88 Å². The molecule has 3 aromatic rings. The third kappa shape index (κ3) is 3.93. The van der Waals surface area contributed by atoms with Gasteiger partial charge in [-0.05, 0) is 24.6 Å². The summed E-state index contributed by atoms with van der Waals surface area (Å²) in [6, 6.07) is 12.7. The molecule has 0 atom stereocenters. The number of carbonyl (C=O) groups is 1. The van der Waals surface area contributed by atoms with E-state index in [1.165, 1.54) is 25.0 Å². The van der Waals surface area contributed by atoms with Gasteiger partial charge in [0.25, 0.3) is 5.56 Å². The highest BCUT2D eigenvalue weighted by Gasteiger charge is 2.16. The number of nitrogens with one attached hydrogen (secondary N) is 1. The maximum atomic E-state index is 12.7. The summed E-state index contributed by atoms with van der Waals surface area (Å²) < 4.78 is 17.6. The molecule has 0 spiro atoms. The van der Waals surface area contributed by atoms with Crippen LogP contribution in [0.3, 0.4) is 0 Å². The minimum Gasteiger partial charge on any atom is -0.493 e. The number of carbonyl (C=O) groups excluding carboxylic acids is 1. The zero-order valence-electron chi connectivity index (χ0n) is 16.0. The van der Waals surface area contributed by atoms with Gasteiger partial charge in [-0.3, -0.25) is 4.79 Å². The molecule has 0 aliphatic carbocycles. The van der Waals surface area contributed by atoms with Crippen LogP contribution in [-0.4, -0.2) is 24.9 Å². The Balaban J connectivity index is 1.95. The van der Waals surface area contributed by atoms with Crippen LogP contribution in [0.1, 0.15) is 12.5 Å². The van der Waals surface area contributed by atoms with E-state index in [0.717, 1.165) is 5.56 Å². The third-order valence-corrected chi connectivity index (χ3v) is 4.38. The van der Waals surface area contributed by atoms with Gasteiger partial charge in [-0.2, -0.15) is 0 Å². The molecule has 0 saturated carbocycles. The lowest BCUT2D eigenvalue weighted by molar-refractivity contribution is 0.200. The second kappa shape index (κ2) is 8.47. The molecule has 3 rings (SSSR count). The molecular weight excluding hydrogens is 360 g/mol. The second-order valence-electron chi connectivity index (χ2n) is 6.07. The number of fused-ring (bicyclic) bond motifs is 1. The van der Waals surface area contributed by atoms with E-state index >= 15 is 0 Å². The minimum atomic E-state index is -0.610. The summed E-state index contributed by atoms with van der Waals surface area (Å²) in [6.07, 6.45) is 0.917. The molecule has 0 unspecified atom stereocenters. The van der Waals surface area contributed by atoms with Gasteiger partial charge in [-0.1, -0.05) is 30.3 Å². The van der Waals surface area contributed by atoms with E-state index in [2.05, 4.69) is 5.32 Å². The van der Waals surface area contributed by atoms with Crippen molar-refractivity contribution < 1.29 is 19.0 Å². The number of nitrogens with zero attached hydrogens (tertiary/aromatic N) is 1. The van der Waals surface area contributed by atoms with Gasteiger partial charge in [0.05, 0.1) is 25.8 Å². The van der Waals surface area contributed by atoms with E-state index in [1.54, 1.807) is 12.1 Å². The van der Waals surface area contributed by atoms with Crippen molar-refractivity contribution in [2.45, 2.75) is 20.0 Å². The summed E-state index contributed by atoms with van der Waals surface area (Å²) >= 11 is 0. The van der Waals surface area contributed by atoms with Gasteiger partial charge in [-0.15, -0.1) is 0 Å². The number of hydrogen-bond acceptors (Lipinski definition) is 5. The Kier molecular flexibility index (Phi) is 5.84. The molecule has 28 heavy (non-hydrogen) atoms. The fourth-order valence-electron chi connectivity index (χ4n) is 2.91. The van der Waals surface area contributed by atoms with Crippen LogP contribution in [0.4, 0.5) is 4.79 Å². The molecule has 7 nitrogen and oxygen atoms in total. The normalized spacial score (nSPS) is 10.5. The summed E-state index contributed by atoms with van der Waals surface area (Å²) in [7, 11) is 3.00.